The minimum absolute atomic E-state index is 0.0114. The van der Waals surface area contributed by atoms with Gasteiger partial charge in [-0.2, -0.15) is 0 Å². The number of hydrogen-bond acceptors (Lipinski definition) is 5. The maximum absolute atomic E-state index is 12.0. The summed E-state index contributed by atoms with van der Waals surface area (Å²) in [6.45, 7) is 0.743. The molecule has 0 aromatic heterocycles. The summed E-state index contributed by atoms with van der Waals surface area (Å²) in [7, 11) is 1.46. The number of aliphatic hydroxyl groups is 1. The van der Waals surface area contributed by atoms with Crippen molar-refractivity contribution in [3.63, 3.8) is 0 Å². The van der Waals surface area contributed by atoms with E-state index in [4.69, 9.17) is 4.74 Å². The third-order valence-corrected chi connectivity index (χ3v) is 4.67. The summed E-state index contributed by atoms with van der Waals surface area (Å²) >= 11 is 1.46. The molecule has 7 heteroatoms. The van der Waals surface area contributed by atoms with Gasteiger partial charge in [0.05, 0.1) is 17.9 Å². The Morgan fingerprint density at radius 3 is 2.78 bits per heavy atom. The second kappa shape index (κ2) is 8.90. The zero-order chi connectivity index (χ0) is 16.7. The molecule has 0 radical (unpaired) electrons. The predicted octanol–water partition coefficient (Wildman–Crippen LogP) is 0.503. The highest BCUT2D eigenvalue weighted by Gasteiger charge is 2.30. The lowest BCUT2D eigenvalue weighted by Gasteiger charge is -2.36. The first-order valence-corrected chi connectivity index (χ1v) is 8.50. The molecule has 6 nitrogen and oxygen atoms in total. The Morgan fingerprint density at radius 1 is 1.39 bits per heavy atom. The van der Waals surface area contributed by atoms with Gasteiger partial charge in [-0.15, -0.1) is 11.8 Å². The number of carbonyl (C=O) groups excluding carboxylic acids is 2. The Morgan fingerprint density at radius 2 is 2.13 bits per heavy atom. The van der Waals surface area contributed by atoms with Crippen LogP contribution in [0, 0.1) is 0 Å². The lowest BCUT2D eigenvalue weighted by atomic mass is 10.0. The molecule has 2 atom stereocenters. The van der Waals surface area contributed by atoms with Crippen LogP contribution in [-0.2, 0) is 14.3 Å². The smallest absolute Gasteiger partial charge is 0.248 e. The number of likely N-dealkylation sites (tertiary alicyclic amines) is 1. The number of ether oxygens (including phenoxy) is 1. The molecule has 0 unspecified atom stereocenters. The molecule has 1 aromatic rings. The van der Waals surface area contributed by atoms with E-state index in [0.29, 0.717) is 18.7 Å². The normalized spacial score (nSPS) is 21.0. The Hall–Kier alpha value is -1.57. The van der Waals surface area contributed by atoms with Crippen LogP contribution < -0.4 is 5.32 Å². The maximum Gasteiger partial charge on any atom is 0.248 e. The van der Waals surface area contributed by atoms with Crippen LogP contribution in [0.1, 0.15) is 6.42 Å². The number of aliphatic hydroxyl groups excluding tert-OH is 1. The zero-order valence-corrected chi connectivity index (χ0v) is 13.9. The fourth-order valence-corrected chi connectivity index (χ4v) is 3.19. The van der Waals surface area contributed by atoms with E-state index in [9.17, 15) is 14.7 Å². The number of methoxy groups -OCH3 is 1. The Balaban J connectivity index is 1.75. The molecule has 126 valence electrons. The van der Waals surface area contributed by atoms with Gasteiger partial charge in [0.2, 0.25) is 11.8 Å². The second-order valence-electron chi connectivity index (χ2n) is 5.40. The Kier molecular flexibility index (Phi) is 6.88. The maximum atomic E-state index is 12.0. The predicted molar refractivity (Wildman–Crippen MR) is 88.2 cm³/mol. The van der Waals surface area contributed by atoms with Gasteiger partial charge < -0.3 is 20.1 Å². The van der Waals surface area contributed by atoms with Gasteiger partial charge >= 0.3 is 0 Å². The number of thioether (sulfide) groups is 1. The minimum atomic E-state index is -0.754. The number of carbonyl (C=O) groups is 2. The number of β-amino-alcohol motifs (C(OH)–C–C–N with tert-alkyl or cyclic N) is 1. The van der Waals surface area contributed by atoms with Gasteiger partial charge in [-0.1, -0.05) is 18.2 Å². The average Bonchev–Trinajstić information content (AvgIpc) is 2.56. The molecule has 2 amide bonds. The van der Waals surface area contributed by atoms with Crippen LogP contribution in [0.5, 0.6) is 0 Å². The first kappa shape index (κ1) is 17.8. The van der Waals surface area contributed by atoms with Crippen LogP contribution in [0.3, 0.4) is 0 Å². The van der Waals surface area contributed by atoms with E-state index in [1.165, 1.54) is 18.9 Å². The molecule has 1 aliphatic rings. The number of benzene rings is 1. The first-order valence-electron chi connectivity index (χ1n) is 7.52. The summed E-state index contributed by atoms with van der Waals surface area (Å²) in [5.41, 5.74) is 0. The molecular weight excluding hydrogens is 316 g/mol. The van der Waals surface area contributed by atoms with Gasteiger partial charge in [-0.3, -0.25) is 9.59 Å². The van der Waals surface area contributed by atoms with Crippen LogP contribution >= 0.6 is 11.8 Å². The largest absolute Gasteiger partial charge is 0.389 e. The third kappa shape index (κ3) is 5.53. The topological polar surface area (TPSA) is 78.9 Å². The van der Waals surface area contributed by atoms with Crippen molar-refractivity contribution in [3.05, 3.63) is 30.3 Å². The van der Waals surface area contributed by atoms with Gasteiger partial charge in [-0.25, -0.2) is 0 Å². The molecular formula is C16H22N2O4S. The van der Waals surface area contributed by atoms with E-state index in [-0.39, 0.29) is 31.0 Å². The number of amides is 2. The van der Waals surface area contributed by atoms with E-state index in [0.717, 1.165) is 4.90 Å². The van der Waals surface area contributed by atoms with Crippen molar-refractivity contribution < 1.29 is 19.4 Å². The van der Waals surface area contributed by atoms with Crippen molar-refractivity contribution in [1.29, 1.82) is 0 Å². The lowest BCUT2D eigenvalue weighted by molar-refractivity contribution is -0.139. The van der Waals surface area contributed by atoms with Crippen molar-refractivity contribution in [2.45, 2.75) is 23.5 Å². The fraction of sp³-hybridized carbons (Fsp3) is 0.500. The van der Waals surface area contributed by atoms with Gasteiger partial charge in [-0.05, 0) is 18.6 Å². The number of nitrogens with zero attached hydrogens (tertiary/aromatic N) is 1. The molecule has 0 aliphatic carbocycles. The Bertz CT molecular complexity index is 526. The van der Waals surface area contributed by atoms with Crippen molar-refractivity contribution >= 4 is 23.6 Å². The van der Waals surface area contributed by atoms with E-state index in [1.54, 1.807) is 4.90 Å². The van der Waals surface area contributed by atoms with Crippen LogP contribution in [0.25, 0.3) is 0 Å². The molecule has 2 N–H and O–H groups in total. The molecule has 23 heavy (non-hydrogen) atoms. The Labute approximate surface area is 140 Å². The van der Waals surface area contributed by atoms with Crippen molar-refractivity contribution in [2.75, 3.05) is 32.6 Å². The molecule has 0 saturated carbocycles. The van der Waals surface area contributed by atoms with E-state index in [1.807, 2.05) is 30.3 Å². The fourth-order valence-electron chi connectivity index (χ4n) is 2.46. The molecule has 1 heterocycles. The molecule has 1 aromatic carbocycles. The number of rotatable bonds is 6. The summed E-state index contributed by atoms with van der Waals surface area (Å²) in [4.78, 5) is 26.3. The van der Waals surface area contributed by atoms with Crippen LogP contribution in [0.15, 0.2) is 35.2 Å². The van der Waals surface area contributed by atoms with Gasteiger partial charge in [0.15, 0.2) is 0 Å². The second-order valence-corrected chi connectivity index (χ2v) is 6.45. The average molecular weight is 338 g/mol. The van der Waals surface area contributed by atoms with Gasteiger partial charge in [0.25, 0.3) is 0 Å². The zero-order valence-electron chi connectivity index (χ0n) is 13.1. The summed E-state index contributed by atoms with van der Waals surface area (Å²) < 4.78 is 4.81. The van der Waals surface area contributed by atoms with Gasteiger partial charge in [0, 0.05) is 25.1 Å². The van der Waals surface area contributed by atoms with E-state index in [2.05, 4.69) is 5.32 Å². The standard InChI is InChI=1S/C16H22N2O4S/c1-22-10-16(21)18-8-7-13(14(19)9-18)17-15(20)11-23-12-5-3-2-4-6-12/h2-6,13-14,19H,7-11H2,1H3,(H,17,20)/t13-,14-/m1/s1. The van der Waals surface area contributed by atoms with Crippen LogP contribution in [0.2, 0.25) is 0 Å². The van der Waals surface area contributed by atoms with Crippen molar-refractivity contribution in [1.82, 2.24) is 10.2 Å². The lowest BCUT2D eigenvalue weighted by Crippen LogP contribution is -2.56. The number of nitrogens with one attached hydrogen (secondary N) is 1. The molecule has 1 saturated heterocycles. The SMILES string of the molecule is COCC(=O)N1CC[C@@H](NC(=O)CSc2ccccc2)[C@H](O)C1. The van der Waals surface area contributed by atoms with Crippen molar-refractivity contribution in [3.8, 4) is 0 Å². The molecule has 0 spiro atoms. The summed E-state index contributed by atoms with van der Waals surface area (Å²) in [6.07, 6.45) is -0.214. The molecule has 1 aliphatic heterocycles. The highest BCUT2D eigenvalue weighted by Crippen LogP contribution is 2.17. The summed E-state index contributed by atoms with van der Waals surface area (Å²) in [6, 6.07) is 9.37. The number of piperidine rings is 1. The summed E-state index contributed by atoms with van der Waals surface area (Å²) in [5, 5.41) is 13.0. The van der Waals surface area contributed by atoms with E-state index >= 15 is 0 Å². The van der Waals surface area contributed by atoms with E-state index < -0.39 is 6.10 Å². The minimum Gasteiger partial charge on any atom is -0.389 e. The van der Waals surface area contributed by atoms with Gasteiger partial charge in [0.1, 0.15) is 6.61 Å². The quantitative estimate of drug-likeness (QED) is 0.739. The van der Waals surface area contributed by atoms with Crippen molar-refractivity contribution in [2.24, 2.45) is 0 Å². The summed E-state index contributed by atoms with van der Waals surface area (Å²) in [5.74, 6) is 0.0510. The van der Waals surface area contributed by atoms with Crippen LogP contribution in [-0.4, -0.2) is 66.5 Å². The molecule has 2 rings (SSSR count). The van der Waals surface area contributed by atoms with Crippen LogP contribution in [0.4, 0.5) is 0 Å². The highest BCUT2D eigenvalue weighted by molar-refractivity contribution is 8.00. The third-order valence-electron chi connectivity index (χ3n) is 3.66. The molecule has 1 fully saturated rings. The molecule has 0 bridgehead atoms. The monoisotopic (exact) mass is 338 g/mol. The number of hydrogen-bond donors (Lipinski definition) is 2. The first-order chi connectivity index (χ1) is 11.1. The highest BCUT2D eigenvalue weighted by atomic mass is 32.2.